The van der Waals surface area contributed by atoms with E-state index >= 15 is 0 Å². The number of halogens is 1. The molecule has 0 fully saturated rings. The summed E-state index contributed by atoms with van der Waals surface area (Å²) in [6, 6.07) is 10.8. The highest BCUT2D eigenvalue weighted by Gasteiger charge is 2.33. The minimum Gasteiger partial charge on any atom is -0.495 e. The third-order valence-corrected chi connectivity index (χ3v) is 6.23. The quantitative estimate of drug-likeness (QED) is 0.508. The lowest BCUT2D eigenvalue weighted by atomic mass is 9.95. The molecule has 8 nitrogen and oxygen atoms in total. The zero-order valence-corrected chi connectivity index (χ0v) is 19.5. The summed E-state index contributed by atoms with van der Waals surface area (Å²) in [6.07, 6.45) is 3.48. The van der Waals surface area contributed by atoms with Crippen LogP contribution in [0.5, 0.6) is 11.5 Å². The van der Waals surface area contributed by atoms with Gasteiger partial charge in [-0.25, -0.2) is 4.68 Å². The topological polar surface area (TPSA) is 90.3 Å². The molecule has 166 valence electrons. The molecule has 1 aliphatic rings. The lowest BCUT2D eigenvalue weighted by Gasteiger charge is -2.29. The summed E-state index contributed by atoms with van der Waals surface area (Å²) in [7, 11) is 3.02. The monoisotopic (exact) mass is 471 g/mol. The largest absolute Gasteiger partial charge is 0.495 e. The number of nitrogens with zero attached hydrogens (tertiary/aromatic N) is 3. The Morgan fingerprint density at radius 1 is 1.19 bits per heavy atom. The predicted octanol–water partition coefficient (Wildman–Crippen LogP) is 4.60. The van der Waals surface area contributed by atoms with Crippen molar-refractivity contribution < 1.29 is 14.3 Å². The third-order valence-electron chi connectivity index (χ3n) is 5.19. The number of aromatic nitrogens is 3. The Hall–Kier alpha value is -3.17. The van der Waals surface area contributed by atoms with Crippen LogP contribution in [0.25, 0.3) is 0 Å². The summed E-state index contributed by atoms with van der Waals surface area (Å²) in [5.41, 5.74) is 2.55. The smallest absolute Gasteiger partial charge is 0.255 e. The van der Waals surface area contributed by atoms with E-state index in [4.69, 9.17) is 21.1 Å². The van der Waals surface area contributed by atoms with Crippen molar-refractivity contribution in [1.29, 1.82) is 0 Å². The van der Waals surface area contributed by atoms with Gasteiger partial charge < -0.3 is 20.1 Å². The van der Waals surface area contributed by atoms with Gasteiger partial charge in [0.25, 0.3) is 5.91 Å². The molecular formula is C22H22ClN5O3S. The molecular weight excluding hydrogens is 450 g/mol. The van der Waals surface area contributed by atoms with E-state index in [0.29, 0.717) is 39.4 Å². The number of nitrogens with one attached hydrogen (secondary N) is 2. The maximum absolute atomic E-state index is 13.6. The maximum atomic E-state index is 13.6. The predicted molar refractivity (Wildman–Crippen MR) is 126 cm³/mol. The van der Waals surface area contributed by atoms with E-state index in [1.807, 2.05) is 37.4 Å². The van der Waals surface area contributed by atoms with Crippen LogP contribution in [0.2, 0.25) is 5.02 Å². The first-order chi connectivity index (χ1) is 15.5. The number of hydrogen-bond acceptors (Lipinski definition) is 7. The lowest BCUT2D eigenvalue weighted by Crippen LogP contribution is -2.31. The summed E-state index contributed by atoms with van der Waals surface area (Å²) in [6.45, 7) is 1.84. The highest BCUT2D eigenvalue weighted by atomic mass is 35.5. The van der Waals surface area contributed by atoms with E-state index in [9.17, 15) is 4.79 Å². The molecule has 0 unspecified atom stereocenters. The number of amides is 1. The zero-order valence-electron chi connectivity index (χ0n) is 18.0. The summed E-state index contributed by atoms with van der Waals surface area (Å²) >= 11 is 7.86. The van der Waals surface area contributed by atoms with Crippen LogP contribution in [-0.4, -0.2) is 41.1 Å². The van der Waals surface area contributed by atoms with Crippen LogP contribution < -0.4 is 20.1 Å². The van der Waals surface area contributed by atoms with Crippen molar-refractivity contribution in [2.75, 3.05) is 31.1 Å². The number of methoxy groups -OCH3 is 2. The number of anilines is 2. The van der Waals surface area contributed by atoms with Crippen LogP contribution in [0.1, 0.15) is 18.5 Å². The average Bonchev–Trinajstić information content (AvgIpc) is 3.26. The highest BCUT2D eigenvalue weighted by molar-refractivity contribution is 7.98. The number of carbonyl (C=O) groups is 1. The maximum Gasteiger partial charge on any atom is 0.255 e. The van der Waals surface area contributed by atoms with Gasteiger partial charge in [0.15, 0.2) is 0 Å². The fourth-order valence-electron chi connectivity index (χ4n) is 3.63. The van der Waals surface area contributed by atoms with Crippen LogP contribution in [0, 0.1) is 0 Å². The minimum atomic E-state index is -0.454. The number of allylic oxidation sites excluding steroid dienone is 1. The third kappa shape index (κ3) is 4.01. The van der Waals surface area contributed by atoms with Crippen LogP contribution in [-0.2, 0) is 4.79 Å². The molecule has 1 amide bonds. The van der Waals surface area contributed by atoms with Gasteiger partial charge >= 0.3 is 0 Å². The van der Waals surface area contributed by atoms with Gasteiger partial charge in [-0.2, -0.15) is 10.1 Å². The van der Waals surface area contributed by atoms with Gasteiger partial charge in [-0.1, -0.05) is 23.7 Å². The number of carbonyl (C=O) groups excluding carboxylic acids is 1. The fourth-order valence-corrected chi connectivity index (χ4v) is 4.27. The molecule has 0 saturated heterocycles. The zero-order chi connectivity index (χ0) is 22.8. The van der Waals surface area contributed by atoms with Crippen molar-refractivity contribution in [3.05, 3.63) is 64.6 Å². The first-order valence-electron chi connectivity index (χ1n) is 9.71. The number of hydrogen-bond donors (Lipinski definition) is 2. The van der Waals surface area contributed by atoms with Gasteiger partial charge in [-0.05, 0) is 30.9 Å². The molecule has 0 bridgehead atoms. The van der Waals surface area contributed by atoms with Gasteiger partial charge in [-0.3, -0.25) is 4.79 Å². The van der Waals surface area contributed by atoms with E-state index < -0.39 is 6.04 Å². The number of thioether (sulfide) groups is 1. The summed E-state index contributed by atoms with van der Waals surface area (Å²) in [5.74, 6) is 1.12. The van der Waals surface area contributed by atoms with Gasteiger partial charge in [0.2, 0.25) is 5.95 Å². The number of fused-ring (bicyclic) bond motifs is 1. The van der Waals surface area contributed by atoms with Crippen LogP contribution in [0.15, 0.2) is 58.9 Å². The number of rotatable bonds is 6. The molecule has 0 saturated carbocycles. The Kier molecular flexibility index (Phi) is 6.29. The van der Waals surface area contributed by atoms with Crippen molar-refractivity contribution >= 4 is 40.9 Å². The van der Waals surface area contributed by atoms with Gasteiger partial charge in [0, 0.05) is 22.7 Å². The van der Waals surface area contributed by atoms with E-state index in [1.54, 1.807) is 28.6 Å². The van der Waals surface area contributed by atoms with Gasteiger partial charge in [0.1, 0.15) is 23.9 Å². The Morgan fingerprint density at radius 3 is 2.56 bits per heavy atom. The standard InChI is InChI=1S/C22H22ClN5O3S/c1-12-19(21(29)27-16-10-17(30-2)15(23)9-18(16)31-3)20(28-22(26-12)24-11-25-28)13-5-7-14(32-4)8-6-13/h5-11,20H,1-4H3,(H,27,29)(H,24,25,26)/t20-/m1/s1. The van der Waals surface area contributed by atoms with E-state index in [2.05, 4.69) is 20.7 Å². The lowest BCUT2D eigenvalue weighted by molar-refractivity contribution is -0.113. The summed E-state index contributed by atoms with van der Waals surface area (Å²) < 4.78 is 12.4. The van der Waals surface area contributed by atoms with Crippen molar-refractivity contribution in [3.8, 4) is 11.5 Å². The molecule has 10 heteroatoms. The number of ether oxygens (including phenoxy) is 2. The second kappa shape index (κ2) is 9.13. The van der Waals surface area contributed by atoms with E-state index in [-0.39, 0.29) is 5.91 Å². The normalized spacial score (nSPS) is 15.1. The Labute approximate surface area is 195 Å². The number of benzene rings is 2. The van der Waals surface area contributed by atoms with Gasteiger partial charge in [0.05, 0.1) is 30.5 Å². The Balaban J connectivity index is 1.75. The fraction of sp³-hybridized carbons (Fsp3) is 0.227. The minimum absolute atomic E-state index is 0.308. The molecule has 1 aromatic heterocycles. The first-order valence-corrected chi connectivity index (χ1v) is 11.3. The van der Waals surface area contributed by atoms with Crippen LogP contribution in [0.3, 0.4) is 0 Å². The molecule has 2 N–H and O–H groups in total. The molecule has 1 atom stereocenters. The highest BCUT2D eigenvalue weighted by Crippen LogP contribution is 2.39. The molecule has 1 aliphatic heterocycles. The SMILES string of the molecule is COc1cc(NC(=O)C2=C(C)Nc3ncnn3[C@@H]2c2ccc(SC)cc2)c(OC)cc1Cl. The van der Waals surface area contributed by atoms with Crippen LogP contribution >= 0.6 is 23.4 Å². The molecule has 0 radical (unpaired) electrons. The van der Waals surface area contributed by atoms with Crippen LogP contribution in [0.4, 0.5) is 11.6 Å². The summed E-state index contributed by atoms with van der Waals surface area (Å²) in [5, 5.41) is 10.9. The Morgan fingerprint density at radius 2 is 1.91 bits per heavy atom. The first kappa shape index (κ1) is 22.0. The molecule has 0 aliphatic carbocycles. The second-order valence-electron chi connectivity index (χ2n) is 7.01. The van der Waals surface area contributed by atoms with E-state index in [1.165, 1.54) is 20.5 Å². The van der Waals surface area contributed by atoms with Crippen molar-refractivity contribution in [2.24, 2.45) is 0 Å². The Bertz CT molecular complexity index is 1190. The van der Waals surface area contributed by atoms with Gasteiger partial charge in [-0.15, -0.1) is 11.8 Å². The van der Waals surface area contributed by atoms with Crippen molar-refractivity contribution in [2.45, 2.75) is 17.9 Å². The molecule has 0 spiro atoms. The van der Waals surface area contributed by atoms with E-state index in [0.717, 1.165) is 10.5 Å². The summed E-state index contributed by atoms with van der Waals surface area (Å²) in [4.78, 5) is 19.0. The van der Waals surface area contributed by atoms with Crippen molar-refractivity contribution in [1.82, 2.24) is 14.8 Å². The molecule has 4 rings (SSSR count). The molecule has 32 heavy (non-hydrogen) atoms. The second-order valence-corrected chi connectivity index (χ2v) is 8.30. The average molecular weight is 472 g/mol. The molecule has 2 aromatic carbocycles. The molecule has 3 aromatic rings. The molecule has 2 heterocycles. The van der Waals surface area contributed by atoms with Crippen molar-refractivity contribution in [3.63, 3.8) is 0 Å².